The van der Waals surface area contributed by atoms with Gasteiger partial charge in [0.1, 0.15) is 11.9 Å². The van der Waals surface area contributed by atoms with Crippen LogP contribution in [0, 0.1) is 0 Å². The average Bonchev–Trinajstić information content (AvgIpc) is 2.40. The smallest absolute Gasteiger partial charge is 0.199 e. The van der Waals surface area contributed by atoms with Gasteiger partial charge in [-0.15, -0.1) is 0 Å². The fraction of sp³-hybridized carbons (Fsp3) is 0.500. The first-order valence-corrected chi connectivity index (χ1v) is 5.83. The second-order valence-electron chi connectivity index (χ2n) is 4.09. The average molecular weight is 238 g/mol. The first-order valence-electron chi connectivity index (χ1n) is 5.83. The molecule has 2 rings (SSSR count). The number of nitrogens with two attached hydrogens (primary N) is 1. The normalized spacial score (nSPS) is 22.1. The molecule has 5 heteroatoms. The van der Waals surface area contributed by atoms with E-state index in [-0.39, 0.29) is 6.29 Å². The number of hydrogen-bond donors (Lipinski definition) is 3. The molecule has 2 atom stereocenters. The van der Waals surface area contributed by atoms with Gasteiger partial charge in [-0.05, 0) is 30.5 Å². The van der Waals surface area contributed by atoms with Crippen LogP contribution < -0.4 is 16.0 Å². The van der Waals surface area contributed by atoms with Crippen molar-refractivity contribution in [1.82, 2.24) is 5.48 Å². The second kappa shape index (κ2) is 5.97. The highest BCUT2D eigenvalue weighted by Crippen LogP contribution is 2.20. The maximum absolute atomic E-state index is 8.69. The lowest BCUT2D eigenvalue weighted by Gasteiger charge is -2.23. The van der Waals surface area contributed by atoms with Crippen LogP contribution in [0.5, 0.6) is 5.75 Å². The largest absolute Gasteiger partial charge is 0.465 e. The van der Waals surface area contributed by atoms with E-state index in [1.165, 1.54) is 0 Å². The van der Waals surface area contributed by atoms with Crippen molar-refractivity contribution < 1.29 is 14.7 Å². The minimum atomic E-state index is -0.574. The lowest BCUT2D eigenvalue weighted by Crippen LogP contribution is -2.26. The Balaban J connectivity index is 1.93. The molecule has 1 fully saturated rings. The highest BCUT2D eigenvalue weighted by Gasteiger charge is 2.15. The van der Waals surface area contributed by atoms with Crippen molar-refractivity contribution in [2.45, 2.75) is 31.7 Å². The fourth-order valence-corrected chi connectivity index (χ4v) is 1.78. The third-order valence-corrected chi connectivity index (χ3v) is 2.78. The van der Waals surface area contributed by atoms with Crippen molar-refractivity contribution in [3.8, 4) is 5.75 Å². The van der Waals surface area contributed by atoms with Crippen molar-refractivity contribution >= 4 is 0 Å². The van der Waals surface area contributed by atoms with Crippen molar-refractivity contribution in [2.24, 2.45) is 5.73 Å². The van der Waals surface area contributed by atoms with Gasteiger partial charge in [0, 0.05) is 6.42 Å². The van der Waals surface area contributed by atoms with E-state index < -0.39 is 6.17 Å². The number of hydrogen-bond acceptors (Lipinski definition) is 5. The van der Waals surface area contributed by atoms with Crippen LogP contribution in [0.25, 0.3) is 0 Å². The van der Waals surface area contributed by atoms with E-state index in [0.29, 0.717) is 0 Å². The standard InChI is InChI=1S/C12H18N2O3/c13-12(14-15)9-4-6-10(7-5-9)17-11-3-1-2-8-16-11/h4-7,11-12,14-15H,1-3,8,13H2. The molecule has 1 aliphatic rings. The Bertz CT molecular complexity index is 336. The minimum absolute atomic E-state index is 0.140. The summed E-state index contributed by atoms with van der Waals surface area (Å²) in [6.07, 6.45) is 2.46. The number of benzene rings is 1. The van der Waals surface area contributed by atoms with Gasteiger partial charge in [-0.25, -0.2) is 0 Å². The highest BCUT2D eigenvalue weighted by molar-refractivity contribution is 5.28. The van der Waals surface area contributed by atoms with Crippen LogP contribution in [0.15, 0.2) is 24.3 Å². The predicted octanol–water partition coefficient (Wildman–Crippen LogP) is 1.53. The fourth-order valence-electron chi connectivity index (χ4n) is 1.78. The molecule has 4 N–H and O–H groups in total. The summed E-state index contributed by atoms with van der Waals surface area (Å²) in [6, 6.07) is 7.27. The molecule has 0 amide bonds. The molecule has 1 saturated heterocycles. The zero-order valence-corrected chi connectivity index (χ0v) is 9.63. The molecule has 1 aliphatic heterocycles. The Hall–Kier alpha value is -1.14. The molecule has 0 radical (unpaired) electrons. The maximum Gasteiger partial charge on any atom is 0.199 e. The first-order chi connectivity index (χ1) is 8.29. The molecule has 17 heavy (non-hydrogen) atoms. The van der Waals surface area contributed by atoms with E-state index in [2.05, 4.69) is 0 Å². The number of nitrogens with one attached hydrogen (secondary N) is 1. The van der Waals surface area contributed by atoms with E-state index in [9.17, 15) is 0 Å². The number of ether oxygens (including phenoxy) is 2. The summed E-state index contributed by atoms with van der Waals surface area (Å²) >= 11 is 0. The van der Waals surface area contributed by atoms with Gasteiger partial charge in [0.15, 0.2) is 6.29 Å². The molecule has 0 bridgehead atoms. The summed E-state index contributed by atoms with van der Waals surface area (Å²) in [5.74, 6) is 0.755. The molecular formula is C12H18N2O3. The Morgan fingerprint density at radius 3 is 2.71 bits per heavy atom. The van der Waals surface area contributed by atoms with Crippen molar-refractivity contribution in [3.05, 3.63) is 29.8 Å². The van der Waals surface area contributed by atoms with Gasteiger partial charge in [0.05, 0.1) is 6.61 Å². The van der Waals surface area contributed by atoms with E-state index in [1.807, 2.05) is 29.7 Å². The van der Waals surface area contributed by atoms with Crippen LogP contribution in [-0.2, 0) is 4.74 Å². The quantitative estimate of drug-likeness (QED) is 0.547. The van der Waals surface area contributed by atoms with Crippen LogP contribution in [0.1, 0.15) is 31.0 Å². The Kier molecular flexibility index (Phi) is 4.33. The van der Waals surface area contributed by atoms with Gasteiger partial charge in [-0.3, -0.25) is 0 Å². The highest BCUT2D eigenvalue weighted by atomic mass is 16.7. The molecule has 94 valence electrons. The van der Waals surface area contributed by atoms with Gasteiger partial charge in [0.25, 0.3) is 0 Å². The molecule has 5 nitrogen and oxygen atoms in total. The van der Waals surface area contributed by atoms with Gasteiger partial charge in [-0.2, -0.15) is 5.48 Å². The van der Waals surface area contributed by atoms with Crippen LogP contribution in [0.4, 0.5) is 0 Å². The van der Waals surface area contributed by atoms with E-state index in [4.69, 9.17) is 20.4 Å². The minimum Gasteiger partial charge on any atom is -0.465 e. The van der Waals surface area contributed by atoms with Crippen molar-refractivity contribution in [3.63, 3.8) is 0 Å². The van der Waals surface area contributed by atoms with Gasteiger partial charge in [-0.1, -0.05) is 12.1 Å². The molecule has 0 saturated carbocycles. The van der Waals surface area contributed by atoms with Crippen LogP contribution >= 0.6 is 0 Å². The molecule has 0 aromatic heterocycles. The molecular weight excluding hydrogens is 220 g/mol. The summed E-state index contributed by atoms with van der Waals surface area (Å²) in [7, 11) is 0. The van der Waals surface area contributed by atoms with Crippen molar-refractivity contribution in [2.75, 3.05) is 6.61 Å². The van der Waals surface area contributed by atoms with E-state index in [1.54, 1.807) is 0 Å². The van der Waals surface area contributed by atoms with Crippen LogP contribution in [-0.4, -0.2) is 18.1 Å². The number of rotatable bonds is 4. The Morgan fingerprint density at radius 1 is 1.35 bits per heavy atom. The zero-order valence-electron chi connectivity index (χ0n) is 9.63. The lowest BCUT2D eigenvalue weighted by molar-refractivity contribution is -0.105. The summed E-state index contributed by atoms with van der Waals surface area (Å²) in [4.78, 5) is 0. The molecule has 1 aromatic rings. The Labute approximate surface area is 100 Å². The third-order valence-electron chi connectivity index (χ3n) is 2.78. The molecule has 1 aromatic carbocycles. The SMILES string of the molecule is NC(NO)c1ccc(OC2CCCCO2)cc1. The Morgan fingerprint density at radius 2 is 2.12 bits per heavy atom. The third kappa shape index (κ3) is 3.41. The monoisotopic (exact) mass is 238 g/mol. The topological polar surface area (TPSA) is 76.7 Å². The first kappa shape index (κ1) is 12.3. The second-order valence-corrected chi connectivity index (χ2v) is 4.09. The molecule has 0 spiro atoms. The zero-order chi connectivity index (χ0) is 12.1. The van der Waals surface area contributed by atoms with Gasteiger partial charge >= 0.3 is 0 Å². The summed E-state index contributed by atoms with van der Waals surface area (Å²) in [6.45, 7) is 0.766. The van der Waals surface area contributed by atoms with Crippen LogP contribution in [0.3, 0.4) is 0 Å². The van der Waals surface area contributed by atoms with E-state index >= 15 is 0 Å². The van der Waals surface area contributed by atoms with Gasteiger partial charge in [0.2, 0.25) is 0 Å². The molecule has 1 heterocycles. The number of hydroxylamine groups is 1. The summed E-state index contributed by atoms with van der Waals surface area (Å²) in [5.41, 5.74) is 8.39. The van der Waals surface area contributed by atoms with Crippen LogP contribution in [0.2, 0.25) is 0 Å². The predicted molar refractivity (Wildman–Crippen MR) is 62.5 cm³/mol. The maximum atomic E-state index is 8.69. The summed E-state index contributed by atoms with van der Waals surface area (Å²) in [5, 5.41) is 8.69. The van der Waals surface area contributed by atoms with Gasteiger partial charge < -0.3 is 20.4 Å². The van der Waals surface area contributed by atoms with Crippen molar-refractivity contribution in [1.29, 1.82) is 0 Å². The molecule has 2 unspecified atom stereocenters. The summed E-state index contributed by atoms with van der Waals surface area (Å²) < 4.78 is 11.2. The lowest BCUT2D eigenvalue weighted by atomic mass is 10.2. The van der Waals surface area contributed by atoms with E-state index in [0.717, 1.165) is 37.2 Å². The molecule has 0 aliphatic carbocycles.